The topological polar surface area (TPSA) is 92.7 Å². The van der Waals surface area contributed by atoms with E-state index in [0.717, 1.165) is 77.7 Å². The number of hydrogen-bond acceptors (Lipinski definition) is 10. The van der Waals surface area contributed by atoms with Crippen LogP contribution in [0.2, 0.25) is 0 Å². The number of hydrogen-bond donors (Lipinski definition) is 1. The van der Waals surface area contributed by atoms with Gasteiger partial charge < -0.3 is 33.5 Å². The number of aliphatic hydroxyl groups is 1. The summed E-state index contributed by atoms with van der Waals surface area (Å²) in [6, 6.07) is 35.2. The Labute approximate surface area is 318 Å². The first kappa shape index (κ1) is 36.9. The lowest BCUT2D eigenvalue weighted by molar-refractivity contribution is -0.0444. The van der Waals surface area contributed by atoms with E-state index in [0.29, 0.717) is 13.2 Å². The Morgan fingerprint density at radius 1 is 0.623 bits per heavy atom. The first-order chi connectivity index (χ1) is 25.9. The number of thioether (sulfide) groups is 2. The summed E-state index contributed by atoms with van der Waals surface area (Å²) in [5.41, 5.74) is 4.26. The van der Waals surface area contributed by atoms with Gasteiger partial charge in [-0.3, -0.25) is 4.79 Å². The number of Topliss-reactive ketones (excluding diaryl/α,β-unsaturated/α-hetero) is 1. The van der Waals surface area contributed by atoms with E-state index in [2.05, 4.69) is 0 Å². The molecule has 3 heterocycles. The lowest BCUT2D eigenvalue weighted by atomic mass is 9.73. The summed E-state index contributed by atoms with van der Waals surface area (Å²) in [5.74, 6) is 4.58. The zero-order valence-corrected chi connectivity index (χ0v) is 31.7. The third-order valence-electron chi connectivity index (χ3n) is 9.94. The molecule has 3 aliphatic heterocycles. The fourth-order valence-electron chi connectivity index (χ4n) is 7.02. The van der Waals surface area contributed by atoms with Crippen LogP contribution in [0.1, 0.15) is 56.3 Å². The number of ether oxygens (including phenoxy) is 6. The minimum Gasteiger partial charge on any atom is -0.497 e. The molecule has 0 saturated carbocycles. The van der Waals surface area contributed by atoms with Gasteiger partial charge in [-0.1, -0.05) is 48.5 Å². The molecule has 3 atom stereocenters. The van der Waals surface area contributed by atoms with E-state index in [-0.39, 0.29) is 17.6 Å². The van der Waals surface area contributed by atoms with Crippen molar-refractivity contribution in [2.45, 2.75) is 33.5 Å². The van der Waals surface area contributed by atoms with Crippen LogP contribution in [0, 0.1) is 0 Å². The first-order valence-corrected chi connectivity index (χ1v) is 19.3. The minimum atomic E-state index is -1.23. The highest BCUT2D eigenvalue weighted by Crippen LogP contribution is 2.53. The normalized spacial score (nSPS) is 20.7. The van der Waals surface area contributed by atoms with Crippen molar-refractivity contribution in [3.63, 3.8) is 0 Å². The third kappa shape index (κ3) is 7.52. The predicted octanol–water partition coefficient (Wildman–Crippen LogP) is 8.65. The SMILES string of the molecule is COc1ccc(C2CSc3cc(OC)ccc3C2(O)c2cccc(C3OCCO3)c2)cc1.COc1ccc(C2CSc3cc(OC)ccc3C2=O)cc1. The fourth-order valence-corrected chi connectivity index (χ4v) is 9.59. The molecular weight excluding hydrogens is 709 g/mol. The smallest absolute Gasteiger partial charge is 0.184 e. The Balaban J connectivity index is 0.000000179. The molecule has 1 saturated heterocycles. The van der Waals surface area contributed by atoms with Crippen molar-refractivity contribution in [1.82, 2.24) is 0 Å². The monoisotopic (exact) mass is 750 g/mol. The summed E-state index contributed by atoms with van der Waals surface area (Å²) >= 11 is 3.44. The van der Waals surface area contributed by atoms with E-state index < -0.39 is 11.9 Å². The average molecular weight is 751 g/mol. The minimum absolute atomic E-state index is 0.0956. The third-order valence-corrected chi connectivity index (χ3v) is 12.2. The fraction of sp³-hybridized carbons (Fsp3) is 0.279. The van der Waals surface area contributed by atoms with E-state index in [1.807, 2.05) is 109 Å². The molecule has 3 aliphatic rings. The second kappa shape index (κ2) is 16.3. The Hall–Kier alpha value is -4.45. The standard InChI is InChI=1S/C26H26O5S.C17H16O3S/c1-28-20-8-6-17(7-9-20)23-16-32-24-15-21(29-2)10-11-22(24)26(23,27)19-5-3-4-18(14-19)25-30-12-13-31-25;1-19-12-5-3-11(4-6-12)15-10-21-16-9-13(20-2)7-8-14(16)17(15)18/h3-11,14-15,23,25,27H,12-13,16H2,1-2H3;3-9,15H,10H2,1-2H3. The molecule has 0 amide bonds. The Morgan fingerprint density at radius 2 is 1.19 bits per heavy atom. The van der Waals surface area contributed by atoms with Gasteiger partial charge >= 0.3 is 0 Å². The van der Waals surface area contributed by atoms with E-state index in [1.165, 1.54) is 0 Å². The van der Waals surface area contributed by atoms with Crippen LogP contribution < -0.4 is 18.9 Å². The molecule has 0 aromatic heterocycles. The van der Waals surface area contributed by atoms with Crippen molar-refractivity contribution in [2.75, 3.05) is 53.2 Å². The molecule has 0 radical (unpaired) electrons. The average Bonchev–Trinajstić information content (AvgIpc) is 3.77. The zero-order valence-electron chi connectivity index (χ0n) is 30.1. The van der Waals surface area contributed by atoms with Crippen LogP contribution in [0.15, 0.2) is 119 Å². The second-order valence-electron chi connectivity index (χ2n) is 12.8. The maximum atomic E-state index is 12.7. The summed E-state index contributed by atoms with van der Waals surface area (Å²) in [5, 5.41) is 12.5. The molecule has 0 aliphatic carbocycles. The van der Waals surface area contributed by atoms with Crippen molar-refractivity contribution in [1.29, 1.82) is 0 Å². The van der Waals surface area contributed by atoms with Crippen molar-refractivity contribution in [3.05, 3.63) is 143 Å². The quantitative estimate of drug-likeness (QED) is 0.166. The predicted molar refractivity (Wildman–Crippen MR) is 207 cm³/mol. The van der Waals surface area contributed by atoms with Crippen LogP contribution in [-0.2, 0) is 15.1 Å². The van der Waals surface area contributed by atoms with Gasteiger partial charge in [-0.25, -0.2) is 0 Å². The molecular formula is C43H42O8S2. The maximum absolute atomic E-state index is 12.7. The van der Waals surface area contributed by atoms with Gasteiger partial charge in [-0.05, 0) is 77.4 Å². The summed E-state index contributed by atoms with van der Waals surface area (Å²) in [6.45, 7) is 1.15. The van der Waals surface area contributed by atoms with Crippen LogP contribution in [0.25, 0.3) is 0 Å². The molecule has 0 spiro atoms. The zero-order chi connectivity index (χ0) is 37.0. The summed E-state index contributed by atoms with van der Waals surface area (Å²) in [4.78, 5) is 14.7. The summed E-state index contributed by atoms with van der Waals surface area (Å²) in [7, 11) is 6.59. The van der Waals surface area contributed by atoms with E-state index in [9.17, 15) is 9.90 Å². The van der Waals surface area contributed by atoms with Gasteiger partial charge in [0.05, 0.1) is 47.6 Å². The van der Waals surface area contributed by atoms with Crippen LogP contribution in [0.4, 0.5) is 0 Å². The van der Waals surface area contributed by atoms with Gasteiger partial charge in [0.25, 0.3) is 0 Å². The van der Waals surface area contributed by atoms with Gasteiger partial charge in [-0.15, -0.1) is 23.5 Å². The van der Waals surface area contributed by atoms with Crippen molar-refractivity contribution in [2.24, 2.45) is 0 Å². The Kier molecular flexibility index (Phi) is 11.3. The van der Waals surface area contributed by atoms with Crippen LogP contribution in [-0.4, -0.2) is 64.0 Å². The highest BCUT2D eigenvalue weighted by Gasteiger charge is 2.46. The maximum Gasteiger partial charge on any atom is 0.184 e. The lowest BCUT2D eigenvalue weighted by Crippen LogP contribution is -2.39. The Morgan fingerprint density at radius 3 is 1.83 bits per heavy atom. The Bertz CT molecular complexity index is 2050. The highest BCUT2D eigenvalue weighted by molar-refractivity contribution is 7.99. The molecule has 0 bridgehead atoms. The van der Waals surface area contributed by atoms with Gasteiger partial charge in [0, 0.05) is 43.9 Å². The lowest BCUT2D eigenvalue weighted by Gasteiger charge is -2.42. The largest absolute Gasteiger partial charge is 0.497 e. The van der Waals surface area contributed by atoms with Crippen LogP contribution in [0.5, 0.6) is 23.0 Å². The van der Waals surface area contributed by atoms with E-state index >= 15 is 0 Å². The van der Waals surface area contributed by atoms with E-state index in [1.54, 1.807) is 52.0 Å². The van der Waals surface area contributed by atoms with E-state index in [4.69, 9.17) is 28.4 Å². The molecule has 3 unspecified atom stereocenters. The summed E-state index contributed by atoms with van der Waals surface area (Å²) in [6.07, 6.45) is -0.397. The van der Waals surface area contributed by atoms with Crippen molar-refractivity contribution >= 4 is 29.3 Å². The van der Waals surface area contributed by atoms with Gasteiger partial charge in [0.15, 0.2) is 12.1 Å². The number of carbonyl (C=O) groups excluding carboxylic acids is 1. The van der Waals surface area contributed by atoms with Gasteiger partial charge in [-0.2, -0.15) is 0 Å². The number of fused-ring (bicyclic) bond motifs is 2. The molecule has 1 N–H and O–H groups in total. The molecule has 274 valence electrons. The number of methoxy groups -OCH3 is 4. The number of rotatable bonds is 8. The van der Waals surface area contributed by atoms with Gasteiger partial charge in [0.2, 0.25) is 0 Å². The van der Waals surface area contributed by atoms with Crippen molar-refractivity contribution < 1.29 is 38.3 Å². The molecule has 53 heavy (non-hydrogen) atoms. The molecule has 8 rings (SSSR count). The van der Waals surface area contributed by atoms with Crippen LogP contribution in [0.3, 0.4) is 0 Å². The molecule has 8 nitrogen and oxygen atoms in total. The van der Waals surface area contributed by atoms with Crippen LogP contribution >= 0.6 is 23.5 Å². The number of carbonyl (C=O) groups is 1. The van der Waals surface area contributed by atoms with Crippen molar-refractivity contribution in [3.8, 4) is 23.0 Å². The van der Waals surface area contributed by atoms with Gasteiger partial charge in [0.1, 0.15) is 28.6 Å². The highest BCUT2D eigenvalue weighted by atomic mass is 32.2. The number of ketones is 1. The second-order valence-corrected chi connectivity index (χ2v) is 15.0. The molecule has 5 aromatic rings. The summed E-state index contributed by atoms with van der Waals surface area (Å²) < 4.78 is 32.6. The first-order valence-electron chi connectivity index (χ1n) is 17.4. The number of benzene rings is 5. The molecule has 1 fully saturated rings. The molecule has 5 aromatic carbocycles. The molecule has 10 heteroatoms.